The fourth-order valence-corrected chi connectivity index (χ4v) is 3.66. The van der Waals surface area contributed by atoms with E-state index in [0.717, 1.165) is 5.56 Å². The summed E-state index contributed by atoms with van der Waals surface area (Å²) in [6, 6.07) is 20.5. The maximum Gasteiger partial charge on any atom is 0.252 e. The molecule has 3 heteroatoms. The molecule has 0 unspecified atom stereocenters. The number of amides is 1. The maximum atomic E-state index is 12.3. The number of carbonyl (C=O) groups excluding carboxylic acids is 1. The van der Waals surface area contributed by atoms with Crippen molar-refractivity contribution in [1.29, 1.82) is 0 Å². The predicted octanol–water partition coefficient (Wildman–Crippen LogP) is 2.75. The summed E-state index contributed by atoms with van der Waals surface area (Å²) >= 11 is 0. The first-order valence-electron chi connectivity index (χ1n) is 7.29. The van der Waals surface area contributed by atoms with Gasteiger partial charge in [0.1, 0.15) is 12.2 Å². The first kappa shape index (κ1) is 12.6. The molecule has 2 saturated heterocycles. The van der Waals surface area contributed by atoms with E-state index < -0.39 is 0 Å². The molecule has 4 atom stereocenters. The fraction of sp³-hybridized carbons (Fsp3) is 0.278. The van der Waals surface area contributed by atoms with Crippen LogP contribution in [0.25, 0.3) is 0 Å². The van der Waals surface area contributed by atoms with E-state index in [2.05, 4.69) is 24.3 Å². The molecule has 0 N–H and O–H groups in total. The van der Waals surface area contributed by atoms with Crippen molar-refractivity contribution in [1.82, 2.24) is 4.90 Å². The zero-order chi connectivity index (χ0) is 14.4. The van der Waals surface area contributed by atoms with Crippen molar-refractivity contribution in [3.05, 3.63) is 71.8 Å². The Morgan fingerprint density at radius 3 is 2.05 bits per heavy atom. The number of nitrogens with zero attached hydrogens (tertiary/aromatic N) is 1. The van der Waals surface area contributed by atoms with E-state index in [-0.39, 0.29) is 30.1 Å². The molecule has 2 aromatic carbocycles. The third-order valence-corrected chi connectivity index (χ3v) is 4.65. The van der Waals surface area contributed by atoms with Crippen LogP contribution in [0, 0.1) is 0 Å². The summed E-state index contributed by atoms with van der Waals surface area (Å²) < 4.78 is 6.10. The van der Waals surface area contributed by atoms with Gasteiger partial charge in [0.15, 0.2) is 0 Å². The van der Waals surface area contributed by atoms with Gasteiger partial charge in [-0.25, -0.2) is 0 Å². The van der Waals surface area contributed by atoms with Crippen LogP contribution in [-0.4, -0.2) is 30.0 Å². The zero-order valence-electron chi connectivity index (χ0n) is 11.8. The third kappa shape index (κ3) is 1.81. The lowest BCUT2D eigenvalue weighted by Crippen LogP contribution is -2.40. The Balaban J connectivity index is 1.75. The minimum Gasteiger partial charge on any atom is -0.358 e. The number of rotatable bonds is 2. The average Bonchev–Trinajstić information content (AvgIpc) is 3.04. The highest BCUT2D eigenvalue weighted by Gasteiger charge is 2.58. The van der Waals surface area contributed by atoms with Gasteiger partial charge in [0, 0.05) is 13.0 Å². The molecule has 0 radical (unpaired) electrons. The average molecular weight is 279 g/mol. The van der Waals surface area contributed by atoms with Gasteiger partial charge < -0.3 is 9.64 Å². The summed E-state index contributed by atoms with van der Waals surface area (Å²) in [5.41, 5.74) is 2.33. The molecule has 2 heterocycles. The van der Waals surface area contributed by atoms with Gasteiger partial charge in [-0.2, -0.15) is 0 Å². The molecule has 0 aliphatic carbocycles. The molecule has 1 amide bonds. The Kier molecular flexibility index (Phi) is 2.82. The standard InChI is InChI=1S/C18H17NO2/c1-19-15-14(12-8-4-2-5-9-12)17(18(19)20)21-16(15)13-10-6-3-7-11-13/h2-11,14-17H,1H3/t14-,15+,16-,17+/m1/s1. The van der Waals surface area contributed by atoms with Crippen LogP contribution in [0.5, 0.6) is 0 Å². The van der Waals surface area contributed by atoms with Crippen LogP contribution in [0.3, 0.4) is 0 Å². The molecule has 0 spiro atoms. The summed E-state index contributed by atoms with van der Waals surface area (Å²) in [4.78, 5) is 14.2. The van der Waals surface area contributed by atoms with Crippen LogP contribution in [-0.2, 0) is 9.53 Å². The van der Waals surface area contributed by atoms with Crippen LogP contribution in [0.4, 0.5) is 0 Å². The Bertz CT molecular complexity index is 655. The number of likely N-dealkylation sites (tertiary alicyclic amines) is 1. The predicted molar refractivity (Wildman–Crippen MR) is 79.8 cm³/mol. The Labute approximate surface area is 124 Å². The molecule has 4 rings (SSSR count). The van der Waals surface area contributed by atoms with Crippen molar-refractivity contribution >= 4 is 5.91 Å². The lowest BCUT2D eigenvalue weighted by molar-refractivity contribution is -0.148. The Morgan fingerprint density at radius 1 is 0.857 bits per heavy atom. The summed E-state index contributed by atoms with van der Waals surface area (Å²) in [6.45, 7) is 0. The largest absolute Gasteiger partial charge is 0.358 e. The minimum absolute atomic E-state index is 0.0379. The fourth-order valence-electron chi connectivity index (χ4n) is 3.66. The quantitative estimate of drug-likeness (QED) is 0.846. The summed E-state index contributed by atoms with van der Waals surface area (Å²) in [5.74, 6) is 0.218. The first-order chi connectivity index (χ1) is 10.3. The molecule has 0 saturated carbocycles. The van der Waals surface area contributed by atoms with Gasteiger partial charge in [0.05, 0.1) is 6.04 Å². The van der Waals surface area contributed by atoms with Crippen LogP contribution in [0.1, 0.15) is 23.1 Å². The second-order valence-electron chi connectivity index (χ2n) is 5.76. The van der Waals surface area contributed by atoms with Gasteiger partial charge in [-0.3, -0.25) is 4.79 Å². The molecule has 3 nitrogen and oxygen atoms in total. The van der Waals surface area contributed by atoms with Crippen LogP contribution in [0.15, 0.2) is 60.7 Å². The highest BCUT2D eigenvalue weighted by atomic mass is 16.5. The number of hydrogen-bond donors (Lipinski definition) is 0. The number of morpholine rings is 1. The summed E-state index contributed by atoms with van der Waals surface area (Å²) in [5, 5.41) is 0. The molecule has 2 aliphatic heterocycles. The zero-order valence-corrected chi connectivity index (χ0v) is 11.8. The van der Waals surface area contributed by atoms with Gasteiger partial charge in [0.2, 0.25) is 0 Å². The van der Waals surface area contributed by atoms with Gasteiger partial charge in [-0.15, -0.1) is 0 Å². The second-order valence-corrected chi connectivity index (χ2v) is 5.76. The van der Waals surface area contributed by atoms with Crippen molar-refractivity contribution in [3.63, 3.8) is 0 Å². The second kappa shape index (κ2) is 4.71. The van der Waals surface area contributed by atoms with E-state index in [4.69, 9.17) is 4.74 Å². The normalized spacial score (nSPS) is 30.9. The highest BCUT2D eigenvalue weighted by Crippen LogP contribution is 2.50. The Hall–Kier alpha value is -2.13. The lowest BCUT2D eigenvalue weighted by Gasteiger charge is -2.30. The molecule has 2 fully saturated rings. The van der Waals surface area contributed by atoms with Crippen molar-refractivity contribution in [3.8, 4) is 0 Å². The lowest BCUT2D eigenvalue weighted by atomic mass is 9.88. The molecule has 2 aromatic rings. The molecule has 2 aliphatic rings. The smallest absolute Gasteiger partial charge is 0.252 e. The molecular formula is C18H17NO2. The van der Waals surface area contributed by atoms with Crippen molar-refractivity contribution < 1.29 is 9.53 Å². The Morgan fingerprint density at radius 2 is 1.43 bits per heavy atom. The maximum absolute atomic E-state index is 12.3. The van der Waals surface area contributed by atoms with Crippen molar-refractivity contribution in [2.45, 2.75) is 24.2 Å². The third-order valence-electron chi connectivity index (χ3n) is 4.65. The van der Waals surface area contributed by atoms with Gasteiger partial charge >= 0.3 is 0 Å². The molecule has 106 valence electrons. The molecule has 21 heavy (non-hydrogen) atoms. The molecule has 0 aromatic heterocycles. The van der Waals surface area contributed by atoms with Crippen LogP contribution >= 0.6 is 0 Å². The van der Waals surface area contributed by atoms with E-state index in [1.807, 2.05) is 48.3 Å². The van der Waals surface area contributed by atoms with Crippen LogP contribution in [0.2, 0.25) is 0 Å². The monoisotopic (exact) mass is 279 g/mol. The van der Waals surface area contributed by atoms with E-state index >= 15 is 0 Å². The van der Waals surface area contributed by atoms with Crippen LogP contribution < -0.4 is 0 Å². The highest BCUT2D eigenvalue weighted by molar-refractivity contribution is 5.86. The van der Waals surface area contributed by atoms with Crippen molar-refractivity contribution in [2.75, 3.05) is 7.05 Å². The summed E-state index contributed by atoms with van der Waals surface area (Å²) in [6.07, 6.45) is -0.392. The summed E-state index contributed by atoms with van der Waals surface area (Å²) in [7, 11) is 1.89. The number of ether oxygens (including phenoxy) is 1. The van der Waals surface area contributed by atoms with E-state index in [0.29, 0.717) is 0 Å². The van der Waals surface area contributed by atoms with Crippen molar-refractivity contribution in [2.24, 2.45) is 0 Å². The van der Waals surface area contributed by atoms with Gasteiger partial charge in [-0.05, 0) is 11.1 Å². The SMILES string of the molecule is CN1C(=O)[C@H]2O[C@H](c3ccccc3)[C@@H]1[C@H]2c1ccccc1. The topological polar surface area (TPSA) is 29.5 Å². The number of carbonyl (C=O) groups is 1. The van der Waals surface area contributed by atoms with Gasteiger partial charge in [0.25, 0.3) is 5.91 Å². The van der Waals surface area contributed by atoms with E-state index in [1.165, 1.54) is 5.56 Å². The number of fused-ring (bicyclic) bond motifs is 2. The van der Waals surface area contributed by atoms with E-state index in [9.17, 15) is 4.79 Å². The first-order valence-corrected chi connectivity index (χ1v) is 7.29. The van der Waals surface area contributed by atoms with Gasteiger partial charge in [-0.1, -0.05) is 60.7 Å². The molecule has 2 bridgehead atoms. The number of likely N-dealkylation sites (N-methyl/N-ethyl adjacent to an activating group) is 1. The molecular weight excluding hydrogens is 262 g/mol. The van der Waals surface area contributed by atoms with E-state index in [1.54, 1.807) is 0 Å². The number of benzene rings is 2. The number of hydrogen-bond acceptors (Lipinski definition) is 2. The minimum atomic E-state index is -0.354.